The summed E-state index contributed by atoms with van der Waals surface area (Å²) in [5.74, 6) is 0. The van der Waals surface area contributed by atoms with Crippen molar-refractivity contribution in [1.82, 2.24) is 8.87 Å². The summed E-state index contributed by atoms with van der Waals surface area (Å²) in [6.45, 7) is 1.30. The van der Waals surface area contributed by atoms with E-state index in [-0.39, 0.29) is 18.0 Å². The smallest absolute Gasteiger partial charge is 0.390 e. The third kappa shape index (κ3) is 3.74. The predicted octanol–water partition coefficient (Wildman–Crippen LogP) is 1.57. The second-order valence-electron chi connectivity index (χ2n) is 4.16. The van der Waals surface area contributed by atoms with E-state index in [2.05, 4.69) is 0 Å². The normalized spacial score (nSPS) is 13.2. The zero-order valence-electron chi connectivity index (χ0n) is 11.2. The van der Waals surface area contributed by atoms with Crippen LogP contribution >= 0.6 is 0 Å². The fourth-order valence-corrected chi connectivity index (χ4v) is 3.31. The third-order valence-electron chi connectivity index (χ3n) is 2.81. The van der Waals surface area contributed by atoms with Gasteiger partial charge in [-0.25, -0.2) is 8.42 Å². The van der Waals surface area contributed by atoms with Gasteiger partial charge in [0.15, 0.2) is 0 Å². The minimum Gasteiger partial charge on any atom is -0.390 e. The molecule has 5 nitrogen and oxygen atoms in total. The van der Waals surface area contributed by atoms with Crippen LogP contribution in [0.4, 0.5) is 13.2 Å². The van der Waals surface area contributed by atoms with E-state index in [1.165, 1.54) is 23.8 Å². The highest BCUT2D eigenvalue weighted by Gasteiger charge is 2.36. The lowest BCUT2D eigenvalue weighted by molar-refractivity contribution is -0.135. The van der Waals surface area contributed by atoms with Gasteiger partial charge in [0.05, 0.1) is 6.61 Å². The van der Waals surface area contributed by atoms with Gasteiger partial charge in [-0.15, -0.1) is 0 Å². The lowest BCUT2D eigenvalue weighted by Gasteiger charge is -2.21. The van der Waals surface area contributed by atoms with Gasteiger partial charge in [-0.05, 0) is 13.0 Å². The minimum atomic E-state index is -4.60. The van der Waals surface area contributed by atoms with Gasteiger partial charge in [0.1, 0.15) is 11.4 Å². The fourth-order valence-electron chi connectivity index (χ4n) is 1.81. The van der Waals surface area contributed by atoms with Crippen molar-refractivity contribution >= 4 is 10.0 Å². The summed E-state index contributed by atoms with van der Waals surface area (Å²) in [5.41, 5.74) is 0.342. The van der Waals surface area contributed by atoms with E-state index in [0.717, 1.165) is 0 Å². The molecule has 0 aliphatic carbocycles. The number of aliphatic hydroxyl groups excluding tert-OH is 1. The molecule has 1 heterocycles. The third-order valence-corrected chi connectivity index (χ3v) is 4.70. The lowest BCUT2D eigenvalue weighted by Crippen LogP contribution is -2.38. The number of aryl methyl sites for hydroxylation is 1. The molecule has 9 heteroatoms. The van der Waals surface area contributed by atoms with Gasteiger partial charge in [0.2, 0.25) is 10.0 Å². The van der Waals surface area contributed by atoms with Crippen LogP contribution in [0, 0.1) is 0 Å². The first-order valence-corrected chi connectivity index (χ1v) is 7.46. The number of rotatable bonds is 6. The van der Waals surface area contributed by atoms with E-state index in [1.807, 2.05) is 0 Å². The molecular weight excluding hydrogens is 297 g/mol. The standard InChI is InChI=1S/C11H17F3N2O3S/c1-3-15-6-10(5-9(15)7-17)20(18,19)16(4-2)8-11(12,13)14/h5-6,17H,3-4,7-8H2,1-2H3. The van der Waals surface area contributed by atoms with Gasteiger partial charge in [-0.1, -0.05) is 6.92 Å². The van der Waals surface area contributed by atoms with E-state index < -0.39 is 22.7 Å². The largest absolute Gasteiger partial charge is 0.402 e. The Morgan fingerprint density at radius 3 is 2.30 bits per heavy atom. The second-order valence-corrected chi connectivity index (χ2v) is 6.10. The summed E-state index contributed by atoms with van der Waals surface area (Å²) < 4.78 is 63.4. The molecule has 116 valence electrons. The maximum atomic E-state index is 12.4. The number of nitrogens with zero attached hydrogens (tertiary/aromatic N) is 2. The SMILES string of the molecule is CCN(CC(F)(F)F)S(=O)(=O)c1cc(CO)n(CC)c1. The summed E-state index contributed by atoms with van der Waals surface area (Å²) in [5, 5.41) is 9.10. The van der Waals surface area contributed by atoms with Crippen molar-refractivity contribution in [3.63, 3.8) is 0 Å². The van der Waals surface area contributed by atoms with Crippen molar-refractivity contribution in [2.75, 3.05) is 13.1 Å². The van der Waals surface area contributed by atoms with E-state index >= 15 is 0 Å². The van der Waals surface area contributed by atoms with Gasteiger partial charge >= 0.3 is 6.18 Å². The summed E-state index contributed by atoms with van der Waals surface area (Å²) in [7, 11) is -4.22. The van der Waals surface area contributed by atoms with Crippen molar-refractivity contribution in [3.05, 3.63) is 18.0 Å². The summed E-state index contributed by atoms with van der Waals surface area (Å²) in [4.78, 5) is -0.241. The zero-order valence-corrected chi connectivity index (χ0v) is 12.0. The Hall–Kier alpha value is -1.06. The molecule has 0 saturated heterocycles. The monoisotopic (exact) mass is 314 g/mol. The molecule has 0 atom stereocenters. The van der Waals surface area contributed by atoms with E-state index in [9.17, 15) is 21.6 Å². The van der Waals surface area contributed by atoms with Crippen LogP contribution < -0.4 is 0 Å². The van der Waals surface area contributed by atoms with Crippen LogP contribution in [-0.2, 0) is 23.2 Å². The highest BCUT2D eigenvalue weighted by atomic mass is 32.2. The Bertz CT molecular complexity index is 530. The average molecular weight is 314 g/mol. The first kappa shape index (κ1) is 17.0. The second kappa shape index (κ2) is 6.15. The van der Waals surface area contributed by atoms with Crippen molar-refractivity contribution in [1.29, 1.82) is 0 Å². The van der Waals surface area contributed by atoms with Crippen LogP contribution in [0.3, 0.4) is 0 Å². The Kier molecular flexibility index (Phi) is 5.22. The van der Waals surface area contributed by atoms with Crippen molar-refractivity contribution in [2.45, 2.75) is 38.1 Å². The molecule has 1 N–H and O–H groups in total. The number of aliphatic hydroxyl groups is 1. The number of sulfonamides is 1. The van der Waals surface area contributed by atoms with E-state index in [1.54, 1.807) is 6.92 Å². The first-order valence-electron chi connectivity index (χ1n) is 6.02. The van der Waals surface area contributed by atoms with Crippen molar-refractivity contribution in [2.24, 2.45) is 0 Å². The molecule has 20 heavy (non-hydrogen) atoms. The van der Waals surface area contributed by atoms with Crippen LogP contribution in [0.5, 0.6) is 0 Å². The number of hydrogen-bond donors (Lipinski definition) is 1. The number of hydrogen-bond acceptors (Lipinski definition) is 3. The maximum Gasteiger partial charge on any atom is 0.402 e. The minimum absolute atomic E-state index is 0.241. The van der Waals surface area contributed by atoms with Gasteiger partial charge in [-0.3, -0.25) is 0 Å². The summed E-state index contributed by atoms with van der Waals surface area (Å²) >= 11 is 0. The Morgan fingerprint density at radius 1 is 1.35 bits per heavy atom. The Balaban J connectivity index is 3.17. The van der Waals surface area contributed by atoms with E-state index in [0.29, 0.717) is 16.5 Å². The number of halogens is 3. The van der Waals surface area contributed by atoms with Crippen molar-refractivity contribution in [3.8, 4) is 0 Å². The molecule has 0 radical (unpaired) electrons. The maximum absolute atomic E-state index is 12.4. The molecule has 1 aromatic heterocycles. The highest BCUT2D eigenvalue weighted by Crippen LogP contribution is 2.24. The molecule has 1 rings (SSSR count). The molecule has 0 amide bonds. The summed E-state index contributed by atoms with van der Waals surface area (Å²) in [6, 6.07) is 1.19. The van der Waals surface area contributed by atoms with Gasteiger partial charge in [-0.2, -0.15) is 17.5 Å². The zero-order chi connectivity index (χ0) is 15.6. The van der Waals surface area contributed by atoms with Gasteiger partial charge in [0, 0.05) is 25.0 Å². The van der Waals surface area contributed by atoms with Crippen LogP contribution in [0.1, 0.15) is 19.5 Å². The molecule has 1 aromatic rings. The summed E-state index contributed by atoms with van der Waals surface area (Å²) in [6.07, 6.45) is -3.36. The number of aromatic nitrogens is 1. The Morgan fingerprint density at radius 2 is 1.95 bits per heavy atom. The number of alkyl halides is 3. The molecule has 0 aliphatic rings. The molecule has 0 spiro atoms. The highest BCUT2D eigenvalue weighted by molar-refractivity contribution is 7.89. The Labute approximate surface area is 115 Å². The first-order chi connectivity index (χ1) is 9.15. The fraction of sp³-hybridized carbons (Fsp3) is 0.636. The lowest BCUT2D eigenvalue weighted by atomic mass is 10.4. The quantitative estimate of drug-likeness (QED) is 0.867. The molecule has 0 aromatic carbocycles. The van der Waals surface area contributed by atoms with Crippen LogP contribution in [0.2, 0.25) is 0 Å². The van der Waals surface area contributed by atoms with Crippen molar-refractivity contribution < 1.29 is 26.7 Å². The molecule has 0 fully saturated rings. The van der Waals surface area contributed by atoms with Crippen LogP contribution in [-0.4, -0.2) is 41.7 Å². The average Bonchev–Trinajstić information content (AvgIpc) is 2.78. The molecule has 0 aliphatic heterocycles. The van der Waals surface area contributed by atoms with Crippen LogP contribution in [0.15, 0.2) is 17.2 Å². The molecule has 0 saturated carbocycles. The molecular formula is C11H17F3N2O3S. The predicted molar refractivity (Wildman–Crippen MR) is 66.5 cm³/mol. The van der Waals surface area contributed by atoms with Gasteiger partial charge in [0.25, 0.3) is 0 Å². The topological polar surface area (TPSA) is 62.5 Å². The van der Waals surface area contributed by atoms with E-state index in [4.69, 9.17) is 5.11 Å². The van der Waals surface area contributed by atoms with Gasteiger partial charge < -0.3 is 9.67 Å². The molecule has 0 bridgehead atoms. The van der Waals surface area contributed by atoms with Crippen LogP contribution in [0.25, 0.3) is 0 Å². The molecule has 0 unspecified atom stereocenters.